The molecule has 1 aliphatic rings. The number of thiophene rings is 1. The number of carbonyl (C=O) groups excluding carboxylic acids is 2. The minimum Gasteiger partial charge on any atom is -0.356 e. The lowest BCUT2D eigenvalue weighted by atomic mass is 9.93. The van der Waals surface area contributed by atoms with Crippen molar-refractivity contribution in [1.82, 2.24) is 10.2 Å². The molecular formula is C22H27ClN2O2S. The zero-order valence-corrected chi connectivity index (χ0v) is 17.8. The number of rotatable bonds is 8. The molecule has 2 aromatic rings. The molecule has 0 spiro atoms. The van der Waals surface area contributed by atoms with E-state index in [9.17, 15) is 9.59 Å². The Morgan fingerprint density at radius 3 is 2.71 bits per heavy atom. The Kier molecular flexibility index (Phi) is 7.51. The molecule has 0 bridgehead atoms. The first-order valence-electron chi connectivity index (χ1n) is 9.98. The van der Waals surface area contributed by atoms with Crippen molar-refractivity contribution in [3.63, 3.8) is 0 Å². The molecule has 28 heavy (non-hydrogen) atoms. The highest BCUT2D eigenvalue weighted by atomic mass is 35.5. The number of unbranched alkanes of at least 4 members (excludes halogenated alkanes) is 2. The quantitative estimate of drug-likeness (QED) is 0.616. The largest absolute Gasteiger partial charge is 0.356 e. The lowest BCUT2D eigenvalue weighted by molar-refractivity contribution is -0.135. The van der Waals surface area contributed by atoms with Gasteiger partial charge in [0.2, 0.25) is 11.8 Å². The molecule has 1 N–H and O–H groups in total. The Labute approximate surface area is 175 Å². The van der Waals surface area contributed by atoms with Crippen molar-refractivity contribution in [2.24, 2.45) is 0 Å². The standard InChI is InChI=1S/C22H27ClN2O2S/c1-2-3-4-13-24-20(26)9-10-21(27)25-14-11-19-18(12-15-28-19)22(25)16-5-7-17(23)8-6-16/h5-8,12,15,22H,2-4,9-11,13-14H2,1H3,(H,24,26). The van der Waals surface area contributed by atoms with Gasteiger partial charge < -0.3 is 10.2 Å². The van der Waals surface area contributed by atoms with Gasteiger partial charge in [-0.2, -0.15) is 0 Å². The summed E-state index contributed by atoms with van der Waals surface area (Å²) in [6.07, 6.45) is 4.57. The van der Waals surface area contributed by atoms with Crippen LogP contribution in [0, 0.1) is 0 Å². The highest BCUT2D eigenvalue weighted by molar-refractivity contribution is 7.10. The van der Waals surface area contributed by atoms with Crippen molar-refractivity contribution in [2.75, 3.05) is 13.1 Å². The first kappa shape index (κ1) is 20.9. The predicted molar refractivity (Wildman–Crippen MR) is 115 cm³/mol. The fourth-order valence-corrected chi connectivity index (χ4v) is 4.67. The summed E-state index contributed by atoms with van der Waals surface area (Å²) >= 11 is 7.80. The summed E-state index contributed by atoms with van der Waals surface area (Å²) in [5, 5.41) is 5.69. The van der Waals surface area contributed by atoms with E-state index in [-0.39, 0.29) is 30.7 Å². The van der Waals surface area contributed by atoms with Crippen molar-refractivity contribution in [3.05, 3.63) is 56.7 Å². The highest BCUT2D eigenvalue weighted by Crippen LogP contribution is 2.38. The van der Waals surface area contributed by atoms with Crippen LogP contribution in [0.3, 0.4) is 0 Å². The normalized spacial score (nSPS) is 15.9. The number of halogens is 1. The van der Waals surface area contributed by atoms with Gasteiger partial charge in [0, 0.05) is 35.8 Å². The Balaban J connectivity index is 1.66. The van der Waals surface area contributed by atoms with Crippen LogP contribution in [-0.2, 0) is 16.0 Å². The second kappa shape index (κ2) is 10.1. The molecule has 0 fully saturated rings. The second-order valence-corrected chi connectivity index (χ2v) is 8.58. The number of nitrogens with zero attached hydrogens (tertiary/aromatic N) is 1. The van der Waals surface area contributed by atoms with Gasteiger partial charge in [-0.25, -0.2) is 0 Å². The molecule has 0 aliphatic carbocycles. The van der Waals surface area contributed by atoms with Crippen molar-refractivity contribution in [2.45, 2.75) is 51.5 Å². The molecule has 150 valence electrons. The Morgan fingerprint density at radius 2 is 1.96 bits per heavy atom. The number of benzene rings is 1. The SMILES string of the molecule is CCCCCNC(=O)CCC(=O)N1CCc2sccc2C1c1ccc(Cl)cc1. The summed E-state index contributed by atoms with van der Waals surface area (Å²) in [6, 6.07) is 9.71. The van der Waals surface area contributed by atoms with E-state index in [2.05, 4.69) is 23.7 Å². The first-order chi connectivity index (χ1) is 13.6. The fraction of sp³-hybridized carbons (Fsp3) is 0.455. The van der Waals surface area contributed by atoms with E-state index in [1.165, 1.54) is 10.4 Å². The fourth-order valence-electron chi connectivity index (χ4n) is 3.64. The van der Waals surface area contributed by atoms with Crippen molar-refractivity contribution in [1.29, 1.82) is 0 Å². The minimum atomic E-state index is -0.104. The third-order valence-electron chi connectivity index (χ3n) is 5.14. The number of nitrogens with one attached hydrogen (secondary N) is 1. The van der Waals surface area contributed by atoms with E-state index < -0.39 is 0 Å². The molecule has 0 saturated heterocycles. The molecule has 1 atom stereocenters. The summed E-state index contributed by atoms with van der Waals surface area (Å²) in [7, 11) is 0. The van der Waals surface area contributed by atoms with Crippen molar-refractivity contribution >= 4 is 34.8 Å². The van der Waals surface area contributed by atoms with Crippen LogP contribution in [0.25, 0.3) is 0 Å². The van der Waals surface area contributed by atoms with Crippen molar-refractivity contribution < 1.29 is 9.59 Å². The van der Waals surface area contributed by atoms with Gasteiger partial charge in [-0.1, -0.05) is 43.5 Å². The van der Waals surface area contributed by atoms with Crippen LogP contribution >= 0.6 is 22.9 Å². The number of amides is 2. The number of hydrogen-bond donors (Lipinski definition) is 1. The van der Waals surface area contributed by atoms with Gasteiger partial charge in [0.05, 0.1) is 6.04 Å². The molecule has 2 amide bonds. The van der Waals surface area contributed by atoms with E-state index in [1.54, 1.807) is 11.3 Å². The van der Waals surface area contributed by atoms with Crippen LogP contribution in [0.4, 0.5) is 0 Å². The zero-order chi connectivity index (χ0) is 19.9. The van der Waals surface area contributed by atoms with Gasteiger partial charge in [0.1, 0.15) is 0 Å². The molecule has 1 aromatic carbocycles. The maximum Gasteiger partial charge on any atom is 0.223 e. The lowest BCUT2D eigenvalue weighted by Crippen LogP contribution is -2.40. The first-order valence-corrected chi connectivity index (χ1v) is 11.2. The van der Waals surface area contributed by atoms with E-state index >= 15 is 0 Å². The Morgan fingerprint density at radius 1 is 1.18 bits per heavy atom. The monoisotopic (exact) mass is 418 g/mol. The molecular weight excluding hydrogens is 392 g/mol. The molecule has 3 rings (SSSR count). The van der Waals surface area contributed by atoms with E-state index in [0.717, 1.165) is 31.2 Å². The van der Waals surface area contributed by atoms with Crippen LogP contribution in [0.1, 0.15) is 61.1 Å². The van der Waals surface area contributed by atoms with Gasteiger partial charge in [-0.05, 0) is 47.5 Å². The third kappa shape index (κ3) is 5.15. The molecule has 4 nitrogen and oxygen atoms in total. The van der Waals surface area contributed by atoms with Crippen LogP contribution in [0.2, 0.25) is 5.02 Å². The molecule has 1 unspecified atom stereocenters. The molecule has 1 aromatic heterocycles. The average molecular weight is 419 g/mol. The predicted octanol–water partition coefficient (Wildman–Crippen LogP) is 4.96. The number of hydrogen-bond acceptors (Lipinski definition) is 3. The molecule has 0 radical (unpaired) electrons. The van der Waals surface area contributed by atoms with E-state index in [4.69, 9.17) is 11.6 Å². The topological polar surface area (TPSA) is 49.4 Å². The number of fused-ring (bicyclic) bond motifs is 1. The van der Waals surface area contributed by atoms with Gasteiger partial charge in [-0.15, -0.1) is 11.3 Å². The molecule has 2 heterocycles. The molecule has 6 heteroatoms. The Hall–Kier alpha value is -1.85. The average Bonchev–Trinajstić information content (AvgIpc) is 3.18. The maximum atomic E-state index is 13.0. The summed E-state index contributed by atoms with van der Waals surface area (Å²) in [5.74, 6) is -0.0127. The van der Waals surface area contributed by atoms with E-state index in [1.807, 2.05) is 29.2 Å². The van der Waals surface area contributed by atoms with Crippen molar-refractivity contribution in [3.8, 4) is 0 Å². The Bertz CT molecular complexity index is 803. The minimum absolute atomic E-state index is 0.0282. The van der Waals surface area contributed by atoms with Crippen LogP contribution in [-0.4, -0.2) is 29.8 Å². The smallest absolute Gasteiger partial charge is 0.223 e. The number of carbonyl (C=O) groups is 2. The molecule has 0 saturated carbocycles. The zero-order valence-electron chi connectivity index (χ0n) is 16.2. The summed E-state index contributed by atoms with van der Waals surface area (Å²) in [5.41, 5.74) is 2.25. The van der Waals surface area contributed by atoms with E-state index in [0.29, 0.717) is 18.1 Å². The van der Waals surface area contributed by atoms with Gasteiger partial charge >= 0.3 is 0 Å². The van der Waals surface area contributed by atoms with Crippen LogP contribution in [0.5, 0.6) is 0 Å². The second-order valence-electron chi connectivity index (χ2n) is 7.15. The molecule has 1 aliphatic heterocycles. The van der Waals surface area contributed by atoms with Gasteiger partial charge in [-0.3, -0.25) is 9.59 Å². The lowest BCUT2D eigenvalue weighted by Gasteiger charge is -2.36. The van der Waals surface area contributed by atoms with Crippen LogP contribution in [0.15, 0.2) is 35.7 Å². The van der Waals surface area contributed by atoms with Gasteiger partial charge in [0.15, 0.2) is 0 Å². The van der Waals surface area contributed by atoms with Gasteiger partial charge in [0.25, 0.3) is 0 Å². The summed E-state index contributed by atoms with van der Waals surface area (Å²) < 4.78 is 0. The summed E-state index contributed by atoms with van der Waals surface area (Å²) in [4.78, 5) is 28.3. The summed E-state index contributed by atoms with van der Waals surface area (Å²) in [6.45, 7) is 3.50. The maximum absolute atomic E-state index is 13.0. The third-order valence-corrected chi connectivity index (χ3v) is 6.39. The highest BCUT2D eigenvalue weighted by Gasteiger charge is 2.32. The van der Waals surface area contributed by atoms with Crippen LogP contribution < -0.4 is 5.32 Å².